The van der Waals surface area contributed by atoms with Gasteiger partial charge in [0.05, 0.1) is 10.9 Å². The van der Waals surface area contributed by atoms with E-state index in [4.69, 9.17) is 4.52 Å². The molecule has 0 amide bonds. The van der Waals surface area contributed by atoms with Crippen LogP contribution in [0, 0.1) is 5.82 Å². The Labute approximate surface area is 142 Å². The lowest BCUT2D eigenvalue weighted by Gasteiger charge is -2.02. The molecule has 2 heterocycles. The topological polar surface area (TPSA) is 51.8 Å². The Morgan fingerprint density at radius 3 is 2.52 bits per heavy atom. The van der Waals surface area contributed by atoms with E-state index < -0.39 is 0 Å². The molecule has 23 heavy (non-hydrogen) atoms. The third-order valence-electron chi connectivity index (χ3n) is 3.22. The van der Waals surface area contributed by atoms with Crippen LogP contribution in [0.5, 0.6) is 0 Å². The lowest BCUT2D eigenvalue weighted by atomic mass is 10.2. The second-order valence-electron chi connectivity index (χ2n) is 5.41. The molecule has 0 aliphatic heterocycles. The van der Waals surface area contributed by atoms with Crippen LogP contribution in [-0.4, -0.2) is 15.1 Å². The summed E-state index contributed by atoms with van der Waals surface area (Å²) in [7, 11) is 0. The first kappa shape index (κ1) is 16.1. The highest BCUT2D eigenvalue weighted by Gasteiger charge is 2.18. The third kappa shape index (κ3) is 3.79. The molecule has 0 bridgehead atoms. The van der Waals surface area contributed by atoms with Gasteiger partial charge < -0.3 is 4.52 Å². The highest BCUT2D eigenvalue weighted by Crippen LogP contribution is 2.37. The van der Waals surface area contributed by atoms with Crippen molar-refractivity contribution >= 4 is 23.1 Å². The van der Waals surface area contributed by atoms with E-state index in [1.807, 2.05) is 26.2 Å². The van der Waals surface area contributed by atoms with Crippen molar-refractivity contribution in [2.75, 3.05) is 0 Å². The van der Waals surface area contributed by atoms with Gasteiger partial charge in [0.15, 0.2) is 10.2 Å². The first-order valence-electron chi connectivity index (χ1n) is 7.24. The number of nitrogens with zero attached hydrogens (tertiary/aromatic N) is 3. The number of halogens is 1. The predicted molar refractivity (Wildman–Crippen MR) is 90.2 cm³/mol. The van der Waals surface area contributed by atoms with Gasteiger partial charge in [0.1, 0.15) is 5.82 Å². The minimum Gasteiger partial charge on any atom is -0.338 e. The van der Waals surface area contributed by atoms with Crippen molar-refractivity contribution in [3.63, 3.8) is 0 Å². The van der Waals surface area contributed by atoms with Crippen molar-refractivity contribution in [1.29, 1.82) is 0 Å². The maximum Gasteiger partial charge on any atom is 0.239 e. The van der Waals surface area contributed by atoms with Gasteiger partial charge in [0, 0.05) is 16.9 Å². The van der Waals surface area contributed by atoms with Crippen LogP contribution in [0.15, 0.2) is 38.5 Å². The Morgan fingerprint density at radius 2 is 1.87 bits per heavy atom. The molecule has 0 saturated heterocycles. The fraction of sp³-hybridized carbons (Fsp3) is 0.312. The number of rotatable bonds is 5. The summed E-state index contributed by atoms with van der Waals surface area (Å²) >= 11 is 3.13. The Kier molecular flexibility index (Phi) is 4.77. The summed E-state index contributed by atoms with van der Waals surface area (Å²) in [4.78, 5) is 9.00. The average molecular weight is 349 g/mol. The van der Waals surface area contributed by atoms with Crippen LogP contribution in [0.2, 0.25) is 0 Å². The molecule has 0 aliphatic rings. The first-order valence-corrected chi connectivity index (χ1v) is 9.00. The highest BCUT2D eigenvalue weighted by atomic mass is 32.2. The summed E-state index contributed by atoms with van der Waals surface area (Å²) in [5, 5.41) is 5.99. The van der Waals surface area contributed by atoms with Gasteiger partial charge in [-0.2, -0.15) is 4.98 Å². The molecule has 1 atom stereocenters. The zero-order chi connectivity index (χ0) is 16.4. The van der Waals surface area contributed by atoms with Crippen LogP contribution in [0.25, 0.3) is 11.3 Å². The summed E-state index contributed by atoms with van der Waals surface area (Å²) in [6.07, 6.45) is 0. The molecule has 0 spiro atoms. The summed E-state index contributed by atoms with van der Waals surface area (Å²) < 4.78 is 19.2. The van der Waals surface area contributed by atoms with Crippen molar-refractivity contribution < 1.29 is 8.91 Å². The van der Waals surface area contributed by atoms with Crippen molar-refractivity contribution in [2.24, 2.45) is 0 Å². The number of aromatic nitrogens is 3. The average Bonchev–Trinajstić information content (AvgIpc) is 3.17. The minimum atomic E-state index is -0.246. The zero-order valence-corrected chi connectivity index (χ0v) is 14.6. The van der Waals surface area contributed by atoms with Gasteiger partial charge >= 0.3 is 0 Å². The second kappa shape index (κ2) is 6.80. The first-order chi connectivity index (χ1) is 11.0. The summed E-state index contributed by atoms with van der Waals surface area (Å²) in [5.74, 6) is 1.33. The Balaban J connectivity index is 1.71. The van der Waals surface area contributed by atoms with E-state index in [0.717, 1.165) is 21.4 Å². The molecule has 7 heteroatoms. The van der Waals surface area contributed by atoms with Gasteiger partial charge in [0.2, 0.25) is 5.89 Å². The fourth-order valence-electron chi connectivity index (χ4n) is 1.91. The number of hydrogen-bond acceptors (Lipinski definition) is 6. The van der Waals surface area contributed by atoms with Crippen molar-refractivity contribution in [2.45, 2.75) is 36.3 Å². The molecule has 3 aromatic rings. The van der Waals surface area contributed by atoms with E-state index >= 15 is 0 Å². The summed E-state index contributed by atoms with van der Waals surface area (Å²) in [6, 6.07) is 6.34. The lowest BCUT2D eigenvalue weighted by Crippen LogP contribution is -1.92. The smallest absolute Gasteiger partial charge is 0.239 e. The molecular formula is C16H16FN3OS2. The maximum atomic E-state index is 13.0. The van der Waals surface area contributed by atoms with E-state index in [0.29, 0.717) is 5.89 Å². The Hall–Kier alpha value is -1.73. The maximum absolute atomic E-state index is 13.0. The summed E-state index contributed by atoms with van der Waals surface area (Å²) in [5.41, 5.74) is 1.75. The zero-order valence-electron chi connectivity index (χ0n) is 13.0. The monoisotopic (exact) mass is 349 g/mol. The molecule has 0 radical (unpaired) electrons. The van der Waals surface area contributed by atoms with E-state index in [-0.39, 0.29) is 17.0 Å². The minimum absolute atomic E-state index is 0.0298. The van der Waals surface area contributed by atoms with Crippen molar-refractivity contribution in [3.8, 4) is 11.3 Å². The van der Waals surface area contributed by atoms with Crippen LogP contribution in [0.3, 0.4) is 0 Å². The van der Waals surface area contributed by atoms with Gasteiger partial charge in [0.25, 0.3) is 0 Å². The molecular weight excluding hydrogens is 333 g/mol. The molecule has 1 aromatic carbocycles. The largest absolute Gasteiger partial charge is 0.338 e. The molecule has 0 aliphatic carbocycles. The molecule has 120 valence electrons. The fourth-order valence-corrected chi connectivity index (χ4v) is 3.92. The lowest BCUT2D eigenvalue weighted by molar-refractivity contribution is 0.373. The molecule has 2 aromatic heterocycles. The van der Waals surface area contributed by atoms with Gasteiger partial charge in [-0.1, -0.05) is 30.8 Å². The van der Waals surface area contributed by atoms with E-state index in [1.54, 1.807) is 35.2 Å². The molecule has 0 saturated carbocycles. The predicted octanol–water partition coefficient (Wildman–Crippen LogP) is 5.31. The molecule has 0 N–H and O–H groups in total. The normalized spacial score (nSPS) is 12.7. The molecule has 4 nitrogen and oxygen atoms in total. The number of thioether (sulfide) groups is 1. The van der Waals surface area contributed by atoms with Gasteiger partial charge in [-0.15, -0.1) is 11.3 Å². The van der Waals surface area contributed by atoms with E-state index in [2.05, 4.69) is 15.1 Å². The number of thiazole rings is 1. The van der Waals surface area contributed by atoms with E-state index in [1.165, 1.54) is 12.1 Å². The van der Waals surface area contributed by atoms with Crippen molar-refractivity contribution in [1.82, 2.24) is 15.1 Å². The second-order valence-corrected chi connectivity index (χ2v) is 7.86. The Morgan fingerprint density at radius 1 is 1.13 bits per heavy atom. The van der Waals surface area contributed by atoms with Crippen LogP contribution in [0.1, 0.15) is 43.7 Å². The molecule has 1 unspecified atom stereocenters. The van der Waals surface area contributed by atoms with Crippen LogP contribution >= 0.6 is 23.1 Å². The third-order valence-corrected chi connectivity index (χ3v) is 5.28. The van der Waals surface area contributed by atoms with Crippen LogP contribution < -0.4 is 0 Å². The van der Waals surface area contributed by atoms with Gasteiger partial charge in [-0.25, -0.2) is 9.37 Å². The SMILES string of the molecule is CC(C)c1noc(C(C)Sc2nc(-c3ccc(F)cc3)cs2)n1. The van der Waals surface area contributed by atoms with Crippen molar-refractivity contribution in [3.05, 3.63) is 47.2 Å². The summed E-state index contributed by atoms with van der Waals surface area (Å²) in [6.45, 7) is 6.08. The molecule has 3 rings (SSSR count). The molecule has 0 fully saturated rings. The standard InChI is InChI=1S/C16H16FN3OS2/c1-9(2)14-19-15(21-20-14)10(3)23-16-18-13(8-22-16)11-4-6-12(17)7-5-11/h4-10H,1-3H3. The highest BCUT2D eigenvalue weighted by molar-refractivity contribution is 8.01. The number of benzene rings is 1. The van der Waals surface area contributed by atoms with Crippen LogP contribution in [-0.2, 0) is 0 Å². The Bertz CT molecular complexity index is 783. The van der Waals surface area contributed by atoms with Gasteiger partial charge in [-0.3, -0.25) is 0 Å². The van der Waals surface area contributed by atoms with Gasteiger partial charge in [-0.05, 0) is 31.2 Å². The van der Waals surface area contributed by atoms with Crippen LogP contribution in [0.4, 0.5) is 4.39 Å². The quantitative estimate of drug-likeness (QED) is 0.584. The number of hydrogen-bond donors (Lipinski definition) is 0. The van der Waals surface area contributed by atoms with E-state index in [9.17, 15) is 4.39 Å².